The summed E-state index contributed by atoms with van der Waals surface area (Å²) >= 11 is 0. The predicted molar refractivity (Wildman–Crippen MR) is 82.2 cm³/mol. The zero-order chi connectivity index (χ0) is 13.9. The maximum atomic E-state index is 10.5. The number of hydrogen-bond acceptors (Lipinski definition) is 2. The fraction of sp³-hybridized carbons (Fsp3) is 0.111. The molecule has 100 valence electrons. The summed E-state index contributed by atoms with van der Waals surface area (Å²) in [7, 11) is 0. The third-order valence-corrected chi connectivity index (χ3v) is 3.36. The van der Waals surface area contributed by atoms with Crippen LogP contribution in [0.5, 0.6) is 11.5 Å². The molecule has 0 heterocycles. The van der Waals surface area contributed by atoms with Crippen molar-refractivity contribution in [2.24, 2.45) is 0 Å². The van der Waals surface area contributed by atoms with Crippen LogP contribution in [0.2, 0.25) is 0 Å². The minimum atomic E-state index is 0.301. The monoisotopic (exact) mass is 264 g/mol. The number of ether oxygens (including phenoxy) is 1. The topological polar surface area (TPSA) is 29.5 Å². The highest BCUT2D eigenvalue weighted by Crippen LogP contribution is 2.41. The molecule has 0 amide bonds. The summed E-state index contributed by atoms with van der Waals surface area (Å²) in [5, 5.41) is 12.3. The van der Waals surface area contributed by atoms with Gasteiger partial charge in [-0.2, -0.15) is 0 Å². The maximum Gasteiger partial charge on any atom is 0.131 e. The van der Waals surface area contributed by atoms with Crippen LogP contribution in [0.15, 0.2) is 60.7 Å². The van der Waals surface area contributed by atoms with Gasteiger partial charge in [-0.1, -0.05) is 54.6 Å². The van der Waals surface area contributed by atoms with E-state index >= 15 is 0 Å². The highest BCUT2D eigenvalue weighted by Gasteiger charge is 2.13. The van der Waals surface area contributed by atoms with Gasteiger partial charge in [0.05, 0.1) is 6.61 Å². The Balaban J connectivity index is 2.31. The van der Waals surface area contributed by atoms with Crippen molar-refractivity contribution in [2.45, 2.75) is 6.92 Å². The first kappa shape index (κ1) is 12.5. The largest absolute Gasteiger partial charge is 0.507 e. The molecule has 20 heavy (non-hydrogen) atoms. The Labute approximate surface area is 118 Å². The Morgan fingerprint density at radius 2 is 1.55 bits per heavy atom. The lowest BCUT2D eigenvalue weighted by Gasteiger charge is -2.13. The average molecular weight is 264 g/mol. The van der Waals surface area contributed by atoms with E-state index in [0.29, 0.717) is 12.4 Å². The molecule has 0 bridgehead atoms. The van der Waals surface area contributed by atoms with Crippen LogP contribution >= 0.6 is 0 Å². The summed E-state index contributed by atoms with van der Waals surface area (Å²) in [6, 6.07) is 19.5. The Hall–Kier alpha value is -2.48. The van der Waals surface area contributed by atoms with E-state index in [2.05, 4.69) is 0 Å². The van der Waals surface area contributed by atoms with E-state index in [-0.39, 0.29) is 0 Å². The lowest BCUT2D eigenvalue weighted by molar-refractivity contribution is 0.344. The van der Waals surface area contributed by atoms with Gasteiger partial charge in [-0.3, -0.25) is 0 Å². The molecule has 3 aromatic carbocycles. The summed E-state index contributed by atoms with van der Waals surface area (Å²) < 4.78 is 5.73. The van der Waals surface area contributed by atoms with Crippen LogP contribution in [-0.2, 0) is 0 Å². The van der Waals surface area contributed by atoms with Gasteiger partial charge in [-0.15, -0.1) is 0 Å². The predicted octanol–water partition coefficient (Wildman–Crippen LogP) is 4.61. The number of phenolic OH excluding ortho intramolecular Hbond substituents is 1. The lowest BCUT2D eigenvalue weighted by atomic mass is 9.99. The van der Waals surface area contributed by atoms with Crippen LogP contribution in [0.25, 0.3) is 21.9 Å². The van der Waals surface area contributed by atoms with Crippen molar-refractivity contribution in [3.05, 3.63) is 60.7 Å². The fourth-order valence-electron chi connectivity index (χ4n) is 2.44. The molecule has 0 radical (unpaired) electrons. The molecule has 3 rings (SSSR count). The van der Waals surface area contributed by atoms with Gasteiger partial charge in [0.1, 0.15) is 11.5 Å². The minimum absolute atomic E-state index is 0.301. The van der Waals surface area contributed by atoms with E-state index < -0.39 is 0 Å². The van der Waals surface area contributed by atoms with E-state index in [1.54, 1.807) is 0 Å². The summed E-state index contributed by atoms with van der Waals surface area (Å²) in [6.07, 6.45) is 0. The SMILES string of the molecule is CCOc1cc(-c2ccccc2)c(O)c2ccccc12. The molecule has 0 aliphatic carbocycles. The van der Waals surface area contributed by atoms with Crippen LogP contribution in [0.3, 0.4) is 0 Å². The first-order valence-corrected chi connectivity index (χ1v) is 6.74. The van der Waals surface area contributed by atoms with Gasteiger partial charge in [-0.25, -0.2) is 0 Å². The van der Waals surface area contributed by atoms with Crippen molar-refractivity contribution in [3.63, 3.8) is 0 Å². The second-order valence-electron chi connectivity index (χ2n) is 4.62. The van der Waals surface area contributed by atoms with Gasteiger partial charge >= 0.3 is 0 Å². The van der Waals surface area contributed by atoms with E-state index in [0.717, 1.165) is 27.6 Å². The number of aromatic hydroxyl groups is 1. The maximum absolute atomic E-state index is 10.5. The Kier molecular flexibility index (Phi) is 3.30. The average Bonchev–Trinajstić information content (AvgIpc) is 2.51. The van der Waals surface area contributed by atoms with Gasteiger partial charge in [0.15, 0.2) is 0 Å². The number of hydrogen-bond donors (Lipinski definition) is 1. The van der Waals surface area contributed by atoms with Gasteiger partial charge < -0.3 is 9.84 Å². The van der Waals surface area contributed by atoms with E-state index in [1.165, 1.54) is 0 Å². The summed E-state index contributed by atoms with van der Waals surface area (Å²) in [5.74, 6) is 1.11. The third-order valence-electron chi connectivity index (χ3n) is 3.36. The molecule has 2 heteroatoms. The highest BCUT2D eigenvalue weighted by molar-refractivity contribution is 5.99. The zero-order valence-corrected chi connectivity index (χ0v) is 11.3. The third kappa shape index (κ3) is 2.10. The van der Waals surface area contributed by atoms with Crippen LogP contribution < -0.4 is 4.74 Å². The molecule has 0 aliphatic rings. The summed E-state index contributed by atoms with van der Waals surface area (Å²) in [4.78, 5) is 0. The van der Waals surface area contributed by atoms with E-state index in [1.807, 2.05) is 67.6 Å². The number of benzene rings is 3. The molecule has 0 spiro atoms. The van der Waals surface area contributed by atoms with Gasteiger partial charge in [0.2, 0.25) is 0 Å². The van der Waals surface area contributed by atoms with Crippen LogP contribution in [0.1, 0.15) is 6.92 Å². The molecule has 0 unspecified atom stereocenters. The van der Waals surface area contributed by atoms with Crippen molar-refractivity contribution >= 4 is 10.8 Å². The Bertz CT molecular complexity index is 733. The molecule has 0 aromatic heterocycles. The Morgan fingerprint density at radius 3 is 2.25 bits per heavy atom. The number of phenols is 1. The van der Waals surface area contributed by atoms with Crippen molar-refractivity contribution in [2.75, 3.05) is 6.61 Å². The molecule has 0 aliphatic heterocycles. The molecule has 0 saturated carbocycles. The van der Waals surface area contributed by atoms with Crippen LogP contribution in [0, 0.1) is 0 Å². The molecule has 0 fully saturated rings. The second kappa shape index (κ2) is 5.25. The van der Waals surface area contributed by atoms with E-state index in [4.69, 9.17) is 4.74 Å². The first-order chi connectivity index (χ1) is 9.81. The van der Waals surface area contributed by atoms with Crippen molar-refractivity contribution in [1.29, 1.82) is 0 Å². The molecular weight excluding hydrogens is 248 g/mol. The summed E-state index contributed by atoms with van der Waals surface area (Å²) in [6.45, 7) is 2.56. The molecule has 3 aromatic rings. The van der Waals surface area contributed by atoms with Crippen LogP contribution in [0.4, 0.5) is 0 Å². The summed E-state index contributed by atoms with van der Waals surface area (Å²) in [5.41, 5.74) is 1.78. The van der Waals surface area contributed by atoms with Crippen molar-refractivity contribution < 1.29 is 9.84 Å². The van der Waals surface area contributed by atoms with Gasteiger partial charge in [0.25, 0.3) is 0 Å². The first-order valence-electron chi connectivity index (χ1n) is 6.74. The van der Waals surface area contributed by atoms with Crippen molar-refractivity contribution in [1.82, 2.24) is 0 Å². The second-order valence-corrected chi connectivity index (χ2v) is 4.62. The zero-order valence-electron chi connectivity index (χ0n) is 11.3. The van der Waals surface area contributed by atoms with Crippen molar-refractivity contribution in [3.8, 4) is 22.6 Å². The number of fused-ring (bicyclic) bond motifs is 1. The van der Waals surface area contributed by atoms with Gasteiger partial charge in [-0.05, 0) is 18.6 Å². The van der Waals surface area contributed by atoms with Crippen LogP contribution in [-0.4, -0.2) is 11.7 Å². The fourth-order valence-corrected chi connectivity index (χ4v) is 2.44. The van der Waals surface area contributed by atoms with E-state index in [9.17, 15) is 5.11 Å². The highest BCUT2D eigenvalue weighted by atomic mass is 16.5. The van der Waals surface area contributed by atoms with Gasteiger partial charge in [0, 0.05) is 16.3 Å². The normalized spacial score (nSPS) is 10.7. The lowest BCUT2D eigenvalue weighted by Crippen LogP contribution is -1.94. The smallest absolute Gasteiger partial charge is 0.131 e. The standard InChI is InChI=1S/C18H16O2/c1-2-20-17-12-16(13-8-4-3-5-9-13)18(19)15-11-7-6-10-14(15)17/h3-12,19H,2H2,1H3. The molecule has 0 atom stereocenters. The quantitative estimate of drug-likeness (QED) is 0.748. The molecular formula is C18H16O2. The molecule has 2 nitrogen and oxygen atoms in total. The Morgan fingerprint density at radius 1 is 0.900 bits per heavy atom. The minimum Gasteiger partial charge on any atom is -0.507 e. The molecule has 1 N–H and O–H groups in total. The molecule has 0 saturated heterocycles. The number of rotatable bonds is 3.